The number of para-hydroxylation sites is 2. The molecule has 0 aromatic heterocycles. The molecule has 6 heteroatoms. The van der Waals surface area contributed by atoms with Crippen molar-refractivity contribution < 1.29 is 14.3 Å². The van der Waals surface area contributed by atoms with Crippen molar-refractivity contribution in [2.24, 2.45) is 0 Å². The number of urea groups is 1. The molecule has 126 valence electrons. The maximum absolute atomic E-state index is 12.8. The first kappa shape index (κ1) is 16.5. The predicted octanol–water partition coefficient (Wildman–Crippen LogP) is 4.56. The van der Waals surface area contributed by atoms with Crippen LogP contribution < -0.4 is 19.7 Å². The van der Waals surface area contributed by atoms with Crippen LogP contribution in [0.3, 0.4) is 0 Å². The molecule has 1 aliphatic rings. The van der Waals surface area contributed by atoms with Crippen molar-refractivity contribution in [3.05, 3.63) is 47.5 Å². The van der Waals surface area contributed by atoms with Gasteiger partial charge >= 0.3 is 6.03 Å². The molecule has 0 saturated carbocycles. The number of nitrogens with one attached hydrogen (secondary N) is 1. The summed E-state index contributed by atoms with van der Waals surface area (Å²) in [5.74, 6) is 1.28. The third-order valence-corrected chi connectivity index (χ3v) is 3.89. The average Bonchev–Trinajstić information content (AvgIpc) is 2.56. The topological polar surface area (TPSA) is 50.8 Å². The summed E-state index contributed by atoms with van der Waals surface area (Å²) in [5.41, 5.74) is 1.29. The highest BCUT2D eigenvalue weighted by Gasteiger charge is 2.28. The van der Waals surface area contributed by atoms with E-state index in [9.17, 15) is 4.79 Å². The Kier molecular flexibility index (Phi) is 4.81. The highest BCUT2D eigenvalue weighted by atomic mass is 35.5. The highest BCUT2D eigenvalue weighted by molar-refractivity contribution is 6.31. The van der Waals surface area contributed by atoms with Crippen molar-refractivity contribution in [3.63, 3.8) is 0 Å². The lowest BCUT2D eigenvalue weighted by Crippen LogP contribution is -2.44. The number of hydrogen-bond acceptors (Lipinski definition) is 3. The predicted molar refractivity (Wildman–Crippen MR) is 95.5 cm³/mol. The van der Waals surface area contributed by atoms with Gasteiger partial charge in [0.05, 0.1) is 24.5 Å². The summed E-state index contributed by atoms with van der Waals surface area (Å²) >= 11 is 6.08. The van der Waals surface area contributed by atoms with Crippen LogP contribution in [0.1, 0.15) is 13.8 Å². The van der Waals surface area contributed by atoms with E-state index in [1.54, 1.807) is 23.1 Å². The Morgan fingerprint density at radius 2 is 2.17 bits per heavy atom. The zero-order chi connectivity index (χ0) is 17.1. The zero-order valence-electron chi connectivity index (χ0n) is 13.6. The van der Waals surface area contributed by atoms with Gasteiger partial charge in [0.1, 0.15) is 17.6 Å². The van der Waals surface area contributed by atoms with Crippen molar-refractivity contribution in [3.8, 4) is 11.5 Å². The van der Waals surface area contributed by atoms with Crippen molar-refractivity contribution >= 4 is 29.0 Å². The number of fused-ring (bicyclic) bond motifs is 1. The van der Waals surface area contributed by atoms with Crippen LogP contribution in [-0.2, 0) is 0 Å². The summed E-state index contributed by atoms with van der Waals surface area (Å²) in [4.78, 5) is 14.4. The lowest BCUT2D eigenvalue weighted by Gasteiger charge is -2.33. The molecule has 0 saturated heterocycles. The Balaban J connectivity index is 1.87. The van der Waals surface area contributed by atoms with Gasteiger partial charge in [0.25, 0.3) is 0 Å². The maximum atomic E-state index is 12.8. The largest absolute Gasteiger partial charge is 0.492 e. The third kappa shape index (κ3) is 3.41. The lowest BCUT2D eigenvalue weighted by atomic mass is 10.2. The minimum absolute atomic E-state index is 0.105. The zero-order valence-corrected chi connectivity index (χ0v) is 14.3. The van der Waals surface area contributed by atoms with Gasteiger partial charge < -0.3 is 14.8 Å². The molecule has 2 amide bonds. The van der Waals surface area contributed by atoms with Crippen LogP contribution in [-0.4, -0.2) is 25.3 Å². The number of amides is 2. The van der Waals surface area contributed by atoms with Gasteiger partial charge in [-0.3, -0.25) is 4.90 Å². The summed E-state index contributed by atoms with van der Waals surface area (Å²) in [5, 5.41) is 3.46. The fourth-order valence-electron chi connectivity index (χ4n) is 2.64. The van der Waals surface area contributed by atoms with E-state index in [2.05, 4.69) is 5.32 Å². The molecule has 1 N–H and O–H groups in total. The Bertz CT molecular complexity index is 751. The van der Waals surface area contributed by atoms with Gasteiger partial charge in [-0.05, 0) is 44.2 Å². The maximum Gasteiger partial charge on any atom is 0.326 e. The van der Waals surface area contributed by atoms with Gasteiger partial charge in [-0.2, -0.15) is 0 Å². The number of benzene rings is 2. The van der Waals surface area contributed by atoms with Crippen LogP contribution >= 0.6 is 11.6 Å². The highest BCUT2D eigenvalue weighted by Crippen LogP contribution is 2.36. The molecule has 0 fully saturated rings. The SMILES string of the molecule is CCOc1ccccc1NC(=O)N1C[C@@H](C)Oc2ccc(Cl)cc21. The molecule has 5 nitrogen and oxygen atoms in total. The van der Waals surface area contributed by atoms with E-state index in [1.165, 1.54) is 0 Å². The monoisotopic (exact) mass is 346 g/mol. The van der Waals surface area contributed by atoms with E-state index < -0.39 is 0 Å². The molecule has 1 aliphatic heterocycles. The van der Waals surface area contributed by atoms with E-state index >= 15 is 0 Å². The van der Waals surface area contributed by atoms with E-state index in [-0.39, 0.29) is 12.1 Å². The second-order valence-corrected chi connectivity index (χ2v) is 5.95. The molecule has 0 bridgehead atoms. The molecular weight excluding hydrogens is 328 g/mol. The molecule has 0 aliphatic carbocycles. The van der Waals surface area contributed by atoms with Crippen molar-refractivity contribution in [1.82, 2.24) is 0 Å². The molecule has 2 aromatic carbocycles. The molecule has 1 heterocycles. The number of rotatable bonds is 3. The minimum atomic E-state index is -0.249. The van der Waals surface area contributed by atoms with Gasteiger partial charge in [-0.25, -0.2) is 4.79 Å². The van der Waals surface area contributed by atoms with Crippen molar-refractivity contribution in [1.29, 1.82) is 0 Å². The Labute approximate surface area is 146 Å². The van der Waals surface area contributed by atoms with Crippen LogP contribution in [0.25, 0.3) is 0 Å². The fourth-order valence-corrected chi connectivity index (χ4v) is 2.80. The van der Waals surface area contributed by atoms with Crippen LogP contribution in [0.2, 0.25) is 5.02 Å². The fraction of sp³-hybridized carbons (Fsp3) is 0.278. The molecule has 24 heavy (non-hydrogen) atoms. The second-order valence-electron chi connectivity index (χ2n) is 5.51. The summed E-state index contributed by atoms with van der Waals surface area (Å²) < 4.78 is 11.3. The van der Waals surface area contributed by atoms with Gasteiger partial charge in [0.15, 0.2) is 0 Å². The number of halogens is 1. The normalized spacial score (nSPS) is 16.1. The van der Waals surface area contributed by atoms with Gasteiger partial charge in [0.2, 0.25) is 0 Å². The van der Waals surface area contributed by atoms with Crippen LogP contribution in [0.5, 0.6) is 11.5 Å². The number of carbonyl (C=O) groups excluding carboxylic acids is 1. The molecule has 2 aromatic rings. The summed E-state index contributed by atoms with van der Waals surface area (Å²) in [6.07, 6.45) is -0.105. The van der Waals surface area contributed by atoms with E-state index in [4.69, 9.17) is 21.1 Å². The number of anilines is 2. The van der Waals surface area contributed by atoms with Crippen LogP contribution in [0.4, 0.5) is 16.2 Å². The average molecular weight is 347 g/mol. The summed E-state index contributed by atoms with van der Waals surface area (Å²) in [7, 11) is 0. The number of carbonyl (C=O) groups is 1. The quantitative estimate of drug-likeness (QED) is 0.886. The first-order chi connectivity index (χ1) is 11.6. The lowest BCUT2D eigenvalue weighted by molar-refractivity contribution is 0.208. The van der Waals surface area contributed by atoms with E-state index in [1.807, 2.05) is 38.1 Å². The number of ether oxygens (including phenoxy) is 2. The van der Waals surface area contributed by atoms with E-state index in [0.29, 0.717) is 41.0 Å². The van der Waals surface area contributed by atoms with Gasteiger partial charge in [-0.1, -0.05) is 23.7 Å². The number of nitrogens with zero attached hydrogens (tertiary/aromatic N) is 1. The molecule has 0 radical (unpaired) electrons. The Hall–Kier alpha value is -2.40. The van der Waals surface area contributed by atoms with Gasteiger partial charge in [0, 0.05) is 5.02 Å². The smallest absolute Gasteiger partial charge is 0.326 e. The Morgan fingerprint density at radius 3 is 2.96 bits per heavy atom. The Morgan fingerprint density at radius 1 is 1.38 bits per heavy atom. The van der Waals surface area contributed by atoms with E-state index in [0.717, 1.165) is 0 Å². The molecule has 3 rings (SSSR count). The number of hydrogen-bond donors (Lipinski definition) is 1. The van der Waals surface area contributed by atoms with Crippen LogP contribution in [0, 0.1) is 0 Å². The van der Waals surface area contributed by atoms with Gasteiger partial charge in [-0.15, -0.1) is 0 Å². The van der Waals surface area contributed by atoms with Crippen molar-refractivity contribution in [2.45, 2.75) is 20.0 Å². The first-order valence-corrected chi connectivity index (χ1v) is 8.23. The molecule has 1 atom stereocenters. The molecule has 0 unspecified atom stereocenters. The molecule has 0 spiro atoms. The van der Waals surface area contributed by atoms with Crippen molar-refractivity contribution in [2.75, 3.05) is 23.4 Å². The van der Waals surface area contributed by atoms with Crippen LogP contribution in [0.15, 0.2) is 42.5 Å². The summed E-state index contributed by atoms with van der Waals surface area (Å²) in [6, 6.07) is 12.4. The third-order valence-electron chi connectivity index (χ3n) is 3.65. The molecular formula is C18H19ClN2O3. The first-order valence-electron chi connectivity index (χ1n) is 7.85. The second kappa shape index (κ2) is 7.01. The minimum Gasteiger partial charge on any atom is -0.492 e. The standard InChI is InChI=1S/C18H19ClN2O3/c1-3-23-16-7-5-4-6-14(16)20-18(22)21-11-12(2)24-17-9-8-13(19)10-15(17)21/h4-10,12H,3,11H2,1-2H3,(H,20,22)/t12-/m1/s1. The summed E-state index contributed by atoms with van der Waals surface area (Å²) in [6.45, 7) is 4.79.